The van der Waals surface area contributed by atoms with Gasteiger partial charge in [-0.15, -0.1) is 0 Å². The van der Waals surface area contributed by atoms with Gasteiger partial charge in [0.1, 0.15) is 11.3 Å². The maximum Gasteiger partial charge on any atom is 0.257 e. The fourth-order valence-electron chi connectivity index (χ4n) is 2.85. The van der Waals surface area contributed by atoms with Crippen LogP contribution in [0, 0.1) is 6.92 Å². The van der Waals surface area contributed by atoms with E-state index in [4.69, 9.17) is 0 Å². The number of aliphatic hydroxyl groups is 1. The van der Waals surface area contributed by atoms with Crippen LogP contribution in [0.15, 0.2) is 69.4 Å². The largest absolute Gasteiger partial charge is 0.509 e. The molecule has 1 atom stereocenters. The smallest absolute Gasteiger partial charge is 0.257 e. The van der Waals surface area contributed by atoms with E-state index >= 15 is 0 Å². The molecule has 1 aliphatic heterocycles. The summed E-state index contributed by atoms with van der Waals surface area (Å²) in [7, 11) is 0. The molecule has 0 aromatic heterocycles. The third-order valence-electron chi connectivity index (χ3n) is 4.40. The van der Waals surface area contributed by atoms with E-state index in [2.05, 4.69) is 37.1 Å². The molecular formula is C21H21BrN4O3. The molecule has 0 aliphatic carbocycles. The Balaban J connectivity index is 1.66. The van der Waals surface area contributed by atoms with Gasteiger partial charge in [-0.2, -0.15) is 5.10 Å². The number of hydrogen-bond acceptors (Lipinski definition) is 5. The van der Waals surface area contributed by atoms with E-state index in [1.807, 2.05) is 43.3 Å². The summed E-state index contributed by atoms with van der Waals surface area (Å²) in [5.74, 6) is -0.971. The number of hydrazone groups is 1. The Kier molecular flexibility index (Phi) is 6.33. The van der Waals surface area contributed by atoms with Crippen molar-refractivity contribution in [2.45, 2.75) is 26.3 Å². The molecule has 0 spiro atoms. The van der Waals surface area contributed by atoms with Crippen LogP contribution in [0.1, 0.15) is 18.9 Å². The molecule has 150 valence electrons. The molecule has 1 unspecified atom stereocenters. The lowest BCUT2D eigenvalue weighted by Gasteiger charge is -2.11. The third-order valence-corrected chi connectivity index (χ3v) is 4.93. The van der Waals surface area contributed by atoms with Gasteiger partial charge in [0.15, 0.2) is 0 Å². The lowest BCUT2D eigenvalue weighted by molar-refractivity contribution is -0.117. The van der Waals surface area contributed by atoms with E-state index in [1.165, 1.54) is 0 Å². The summed E-state index contributed by atoms with van der Waals surface area (Å²) in [4.78, 5) is 24.6. The monoisotopic (exact) mass is 456 g/mol. The summed E-state index contributed by atoms with van der Waals surface area (Å²) in [6, 6.07) is 13.9. The summed E-state index contributed by atoms with van der Waals surface area (Å²) in [5.41, 5.74) is 5.78. The fraction of sp³-hybridized carbons (Fsp3) is 0.190. The zero-order valence-corrected chi connectivity index (χ0v) is 17.6. The van der Waals surface area contributed by atoms with Gasteiger partial charge in [0.25, 0.3) is 5.91 Å². The van der Waals surface area contributed by atoms with E-state index in [9.17, 15) is 14.7 Å². The zero-order valence-electron chi connectivity index (χ0n) is 16.0. The second-order valence-electron chi connectivity index (χ2n) is 6.72. The Hall–Kier alpha value is -3.13. The minimum absolute atomic E-state index is 0.0750. The first-order valence-corrected chi connectivity index (χ1v) is 9.79. The molecule has 29 heavy (non-hydrogen) atoms. The predicted molar refractivity (Wildman–Crippen MR) is 117 cm³/mol. The van der Waals surface area contributed by atoms with Crippen molar-refractivity contribution in [2.24, 2.45) is 5.10 Å². The Labute approximate surface area is 177 Å². The van der Waals surface area contributed by atoms with Crippen molar-refractivity contribution in [2.75, 3.05) is 10.7 Å². The summed E-state index contributed by atoms with van der Waals surface area (Å²) < 4.78 is 0.901. The maximum atomic E-state index is 12.3. The van der Waals surface area contributed by atoms with Crippen molar-refractivity contribution >= 4 is 44.8 Å². The second kappa shape index (κ2) is 8.91. The number of rotatable bonds is 6. The number of hydrogen-bond donors (Lipinski definition) is 4. The first-order chi connectivity index (χ1) is 13.8. The number of halogens is 1. The standard InChI is InChI=1S/C21H21BrN4O3/c1-12-3-7-16(8-4-12)26-25-13(2)19-20(28)17(24-21(19)29)11-18(27)23-15-9-5-14(22)6-10-15/h3-10,17,26,28H,11H2,1-2H3,(H,23,27)(H,24,29). The quantitative estimate of drug-likeness (QED) is 0.391. The molecule has 0 saturated carbocycles. The topological polar surface area (TPSA) is 103 Å². The van der Waals surface area contributed by atoms with Crippen LogP contribution in [0.2, 0.25) is 0 Å². The number of carbonyl (C=O) groups excluding carboxylic acids is 2. The summed E-state index contributed by atoms with van der Waals surface area (Å²) in [5, 5.41) is 20.0. The number of aliphatic hydroxyl groups excluding tert-OH is 1. The van der Waals surface area contributed by atoms with Gasteiger partial charge in [0, 0.05) is 10.2 Å². The molecule has 0 bridgehead atoms. The Bertz CT molecular complexity index is 982. The minimum Gasteiger partial charge on any atom is -0.509 e. The van der Waals surface area contributed by atoms with Crippen LogP contribution >= 0.6 is 15.9 Å². The van der Waals surface area contributed by atoms with E-state index in [0.717, 1.165) is 15.7 Å². The highest BCUT2D eigenvalue weighted by Crippen LogP contribution is 2.21. The number of carbonyl (C=O) groups is 2. The maximum absolute atomic E-state index is 12.3. The zero-order chi connectivity index (χ0) is 21.0. The van der Waals surface area contributed by atoms with Gasteiger partial charge in [0.2, 0.25) is 5.91 Å². The Morgan fingerprint density at radius 3 is 2.41 bits per heavy atom. The van der Waals surface area contributed by atoms with Gasteiger partial charge in [-0.3, -0.25) is 15.0 Å². The van der Waals surface area contributed by atoms with Crippen molar-refractivity contribution < 1.29 is 14.7 Å². The fourth-order valence-corrected chi connectivity index (χ4v) is 3.11. The molecule has 0 fully saturated rings. The van der Waals surface area contributed by atoms with E-state index < -0.39 is 11.9 Å². The normalized spacial score (nSPS) is 16.6. The third kappa shape index (κ3) is 5.23. The molecule has 7 nitrogen and oxygen atoms in total. The van der Waals surface area contributed by atoms with Crippen LogP contribution in [0.3, 0.4) is 0 Å². The van der Waals surface area contributed by atoms with Crippen LogP contribution in [-0.4, -0.2) is 28.7 Å². The average molecular weight is 457 g/mol. The Morgan fingerprint density at radius 1 is 1.14 bits per heavy atom. The Morgan fingerprint density at radius 2 is 1.76 bits per heavy atom. The SMILES string of the molecule is CC(=NNc1ccc(C)cc1)C1=C(O)C(CC(=O)Nc2ccc(Br)cc2)NC1=O. The second-order valence-corrected chi connectivity index (χ2v) is 7.64. The van der Waals surface area contributed by atoms with Crippen molar-refractivity contribution in [1.29, 1.82) is 0 Å². The molecule has 1 aliphatic rings. The van der Waals surface area contributed by atoms with Gasteiger partial charge >= 0.3 is 0 Å². The number of amides is 2. The van der Waals surface area contributed by atoms with Crippen LogP contribution in [0.4, 0.5) is 11.4 Å². The van der Waals surface area contributed by atoms with Gasteiger partial charge in [-0.05, 0) is 50.2 Å². The van der Waals surface area contributed by atoms with Crippen molar-refractivity contribution in [3.63, 3.8) is 0 Å². The molecule has 0 radical (unpaired) electrons. The van der Waals surface area contributed by atoms with Crippen molar-refractivity contribution in [3.05, 3.63) is 69.9 Å². The van der Waals surface area contributed by atoms with E-state index in [0.29, 0.717) is 11.4 Å². The lowest BCUT2D eigenvalue weighted by atomic mass is 10.1. The average Bonchev–Trinajstić information content (AvgIpc) is 2.96. The van der Waals surface area contributed by atoms with E-state index in [-0.39, 0.29) is 23.7 Å². The van der Waals surface area contributed by atoms with Crippen LogP contribution in [0.25, 0.3) is 0 Å². The number of benzene rings is 2. The molecule has 8 heteroatoms. The van der Waals surface area contributed by atoms with Gasteiger partial charge in [-0.1, -0.05) is 33.6 Å². The molecule has 0 saturated heterocycles. The molecule has 4 N–H and O–H groups in total. The highest BCUT2D eigenvalue weighted by molar-refractivity contribution is 9.10. The van der Waals surface area contributed by atoms with Gasteiger partial charge in [-0.25, -0.2) is 0 Å². The minimum atomic E-state index is -0.794. The number of nitrogens with zero attached hydrogens (tertiary/aromatic N) is 1. The number of nitrogens with one attached hydrogen (secondary N) is 3. The predicted octanol–water partition coefficient (Wildman–Crippen LogP) is 3.88. The first kappa shape index (κ1) is 20.6. The molecule has 2 aromatic carbocycles. The lowest BCUT2D eigenvalue weighted by Crippen LogP contribution is -2.33. The highest BCUT2D eigenvalue weighted by Gasteiger charge is 2.34. The van der Waals surface area contributed by atoms with Crippen LogP contribution in [-0.2, 0) is 9.59 Å². The summed E-state index contributed by atoms with van der Waals surface area (Å²) in [6.45, 7) is 3.60. The van der Waals surface area contributed by atoms with Crippen LogP contribution in [0.5, 0.6) is 0 Å². The molecule has 3 rings (SSSR count). The molecule has 2 aromatic rings. The van der Waals surface area contributed by atoms with Gasteiger partial charge < -0.3 is 15.7 Å². The number of aryl methyl sites for hydroxylation is 1. The van der Waals surface area contributed by atoms with Crippen molar-refractivity contribution in [1.82, 2.24) is 5.32 Å². The number of anilines is 2. The first-order valence-electron chi connectivity index (χ1n) is 9.00. The van der Waals surface area contributed by atoms with Gasteiger partial charge in [0.05, 0.1) is 23.9 Å². The molecule has 2 amide bonds. The highest BCUT2D eigenvalue weighted by atomic mass is 79.9. The van der Waals surface area contributed by atoms with Crippen molar-refractivity contribution in [3.8, 4) is 0 Å². The summed E-state index contributed by atoms with van der Waals surface area (Å²) in [6.07, 6.45) is -0.0875. The molecule has 1 heterocycles. The van der Waals surface area contributed by atoms with Crippen LogP contribution < -0.4 is 16.1 Å². The molecular weight excluding hydrogens is 436 g/mol. The summed E-state index contributed by atoms with van der Waals surface area (Å²) >= 11 is 3.33. The van der Waals surface area contributed by atoms with E-state index in [1.54, 1.807) is 19.1 Å².